The van der Waals surface area contributed by atoms with Gasteiger partial charge in [0.05, 0.1) is 16.7 Å². The average Bonchev–Trinajstić information content (AvgIpc) is 2.64. The van der Waals surface area contributed by atoms with Crippen LogP contribution in [-0.2, 0) is 9.84 Å². The van der Waals surface area contributed by atoms with Crippen molar-refractivity contribution >= 4 is 9.84 Å². The molecule has 2 aromatic carbocycles. The van der Waals surface area contributed by atoms with Gasteiger partial charge in [0.15, 0.2) is 21.3 Å². The number of phenols is 2. The number of aromatic hydroxyl groups is 2. The molecule has 0 aromatic heterocycles. The highest BCUT2D eigenvalue weighted by atomic mass is 32.2. The van der Waals surface area contributed by atoms with Crippen LogP contribution in [0, 0.1) is 0 Å². The van der Waals surface area contributed by atoms with E-state index in [-0.39, 0.29) is 28.5 Å². The van der Waals surface area contributed by atoms with Crippen LogP contribution in [0.3, 0.4) is 0 Å². The van der Waals surface area contributed by atoms with Crippen molar-refractivity contribution in [2.24, 2.45) is 0 Å². The summed E-state index contributed by atoms with van der Waals surface area (Å²) in [5, 5.41) is 23.0. The van der Waals surface area contributed by atoms with Crippen LogP contribution in [0.25, 0.3) is 0 Å². The summed E-state index contributed by atoms with van der Waals surface area (Å²) < 4.78 is 25.3. The maximum Gasteiger partial charge on any atom is 0.180 e. The molecule has 0 spiro atoms. The van der Waals surface area contributed by atoms with E-state index in [0.717, 1.165) is 11.6 Å². The van der Waals surface area contributed by atoms with E-state index < -0.39 is 15.6 Å². The van der Waals surface area contributed by atoms with E-state index in [1.807, 2.05) is 37.3 Å². The first-order chi connectivity index (χ1) is 10.9. The Hall–Kier alpha value is -2.05. The van der Waals surface area contributed by atoms with Crippen LogP contribution in [0.4, 0.5) is 0 Å². The SMILES string of the molecule is CC[C@H]1CS(=O)(=O)c2cc(O)c(O)cc2C(c2ccccc2)N1. The highest BCUT2D eigenvalue weighted by molar-refractivity contribution is 7.91. The Balaban J connectivity index is 2.25. The molecule has 122 valence electrons. The second-order valence-electron chi connectivity index (χ2n) is 5.78. The minimum absolute atomic E-state index is 0.0376. The molecule has 5 nitrogen and oxygen atoms in total. The Bertz CT molecular complexity index is 818. The first-order valence-corrected chi connectivity index (χ1v) is 9.17. The summed E-state index contributed by atoms with van der Waals surface area (Å²) >= 11 is 0. The number of phenolic OH excluding ortho intramolecular Hbond substituents is 2. The Morgan fingerprint density at radius 1 is 1.13 bits per heavy atom. The third-order valence-corrected chi connectivity index (χ3v) is 6.07. The van der Waals surface area contributed by atoms with Gasteiger partial charge in [0.2, 0.25) is 0 Å². The summed E-state index contributed by atoms with van der Waals surface area (Å²) in [6, 6.07) is 11.4. The van der Waals surface area contributed by atoms with Gasteiger partial charge in [-0.3, -0.25) is 0 Å². The molecule has 2 aromatic rings. The summed E-state index contributed by atoms with van der Waals surface area (Å²) in [5.41, 5.74) is 1.37. The molecule has 0 saturated heterocycles. The second-order valence-corrected chi connectivity index (χ2v) is 7.78. The van der Waals surface area contributed by atoms with Gasteiger partial charge in [0.25, 0.3) is 0 Å². The van der Waals surface area contributed by atoms with Gasteiger partial charge < -0.3 is 15.5 Å². The molecule has 2 atom stereocenters. The van der Waals surface area contributed by atoms with Gasteiger partial charge in [-0.25, -0.2) is 8.42 Å². The van der Waals surface area contributed by atoms with Gasteiger partial charge in [-0.05, 0) is 23.6 Å². The molecule has 1 heterocycles. The average molecular weight is 333 g/mol. The van der Waals surface area contributed by atoms with Crippen molar-refractivity contribution in [2.75, 3.05) is 5.75 Å². The smallest absolute Gasteiger partial charge is 0.180 e. The van der Waals surface area contributed by atoms with Crippen LogP contribution >= 0.6 is 0 Å². The molecule has 0 bridgehead atoms. The molecule has 23 heavy (non-hydrogen) atoms. The maximum atomic E-state index is 12.7. The number of sulfone groups is 1. The van der Waals surface area contributed by atoms with Gasteiger partial charge in [0, 0.05) is 12.1 Å². The Labute approximate surface area is 135 Å². The van der Waals surface area contributed by atoms with Gasteiger partial charge in [-0.2, -0.15) is 0 Å². The summed E-state index contributed by atoms with van der Waals surface area (Å²) in [5.74, 6) is -0.782. The number of fused-ring (bicyclic) bond motifs is 1. The van der Waals surface area contributed by atoms with Crippen LogP contribution in [0.1, 0.15) is 30.5 Å². The summed E-state index contributed by atoms with van der Waals surface area (Å²) in [6.45, 7) is 1.93. The molecule has 6 heteroatoms. The van der Waals surface area contributed by atoms with Crippen molar-refractivity contribution in [1.29, 1.82) is 0 Å². The maximum absolute atomic E-state index is 12.7. The van der Waals surface area contributed by atoms with E-state index >= 15 is 0 Å². The fourth-order valence-electron chi connectivity index (χ4n) is 2.95. The Morgan fingerprint density at radius 2 is 1.78 bits per heavy atom. The minimum Gasteiger partial charge on any atom is -0.504 e. The molecule has 0 radical (unpaired) electrons. The predicted molar refractivity (Wildman–Crippen MR) is 87.3 cm³/mol. The third-order valence-electron chi connectivity index (χ3n) is 4.20. The van der Waals surface area contributed by atoms with E-state index in [1.54, 1.807) is 0 Å². The zero-order valence-electron chi connectivity index (χ0n) is 12.7. The van der Waals surface area contributed by atoms with Crippen molar-refractivity contribution in [1.82, 2.24) is 5.32 Å². The van der Waals surface area contributed by atoms with E-state index in [0.29, 0.717) is 12.0 Å². The summed E-state index contributed by atoms with van der Waals surface area (Å²) in [7, 11) is -3.55. The molecule has 0 aliphatic carbocycles. The molecule has 0 saturated carbocycles. The van der Waals surface area contributed by atoms with E-state index in [9.17, 15) is 18.6 Å². The summed E-state index contributed by atoms with van der Waals surface area (Å²) in [4.78, 5) is 0.0742. The molecular formula is C17H19NO4S. The number of hydrogen-bond donors (Lipinski definition) is 3. The van der Waals surface area contributed by atoms with Crippen molar-refractivity contribution in [3.63, 3.8) is 0 Å². The Kier molecular flexibility index (Phi) is 4.04. The molecule has 1 unspecified atom stereocenters. The highest BCUT2D eigenvalue weighted by Crippen LogP contribution is 2.38. The third kappa shape index (κ3) is 2.92. The standard InChI is InChI=1S/C17H19NO4S/c1-2-12-10-23(21,22)16-9-15(20)14(19)8-13(16)17(18-12)11-6-4-3-5-7-11/h3-9,12,17-20H,2,10H2,1H3/t12-,17?/m0/s1. The largest absolute Gasteiger partial charge is 0.504 e. The minimum atomic E-state index is -3.55. The Morgan fingerprint density at radius 3 is 2.43 bits per heavy atom. The highest BCUT2D eigenvalue weighted by Gasteiger charge is 2.33. The number of hydrogen-bond acceptors (Lipinski definition) is 5. The number of rotatable bonds is 2. The van der Waals surface area contributed by atoms with Crippen LogP contribution < -0.4 is 5.32 Å². The van der Waals surface area contributed by atoms with Crippen LogP contribution in [0.2, 0.25) is 0 Å². The van der Waals surface area contributed by atoms with E-state index in [2.05, 4.69) is 5.32 Å². The summed E-state index contributed by atoms with van der Waals surface area (Å²) in [6.07, 6.45) is 0.661. The lowest BCUT2D eigenvalue weighted by atomic mass is 9.97. The van der Waals surface area contributed by atoms with Gasteiger partial charge in [-0.15, -0.1) is 0 Å². The topological polar surface area (TPSA) is 86.6 Å². The number of benzene rings is 2. The zero-order valence-corrected chi connectivity index (χ0v) is 13.5. The molecular weight excluding hydrogens is 314 g/mol. The first-order valence-electron chi connectivity index (χ1n) is 7.52. The van der Waals surface area contributed by atoms with Crippen LogP contribution in [0.5, 0.6) is 11.5 Å². The van der Waals surface area contributed by atoms with Crippen LogP contribution in [-0.4, -0.2) is 30.4 Å². The van der Waals surface area contributed by atoms with Gasteiger partial charge >= 0.3 is 0 Å². The second kappa shape index (κ2) is 5.86. The lowest BCUT2D eigenvalue weighted by molar-refractivity contribution is 0.400. The van der Waals surface area contributed by atoms with Gasteiger partial charge in [0.1, 0.15) is 0 Å². The molecule has 0 amide bonds. The lowest BCUT2D eigenvalue weighted by Gasteiger charge is -2.23. The van der Waals surface area contributed by atoms with Gasteiger partial charge in [-0.1, -0.05) is 37.3 Å². The number of nitrogens with one attached hydrogen (secondary N) is 1. The van der Waals surface area contributed by atoms with E-state index in [1.165, 1.54) is 6.07 Å². The van der Waals surface area contributed by atoms with Crippen molar-refractivity contribution < 1.29 is 18.6 Å². The molecule has 3 rings (SSSR count). The normalized spacial score (nSPS) is 23.0. The van der Waals surface area contributed by atoms with Crippen LogP contribution in [0.15, 0.2) is 47.4 Å². The fourth-order valence-corrected chi connectivity index (χ4v) is 4.82. The lowest BCUT2D eigenvalue weighted by Crippen LogP contribution is -2.35. The monoisotopic (exact) mass is 333 g/mol. The molecule has 0 fully saturated rings. The van der Waals surface area contributed by atoms with Crippen molar-refractivity contribution in [2.45, 2.75) is 30.3 Å². The van der Waals surface area contributed by atoms with Crippen molar-refractivity contribution in [3.05, 3.63) is 53.6 Å². The molecule has 1 aliphatic heterocycles. The molecule has 1 aliphatic rings. The first kappa shape index (κ1) is 15.8. The quantitative estimate of drug-likeness (QED) is 0.735. The predicted octanol–water partition coefficient (Wildman–Crippen LogP) is 2.34. The fraction of sp³-hybridized carbons (Fsp3) is 0.294. The van der Waals surface area contributed by atoms with E-state index in [4.69, 9.17) is 0 Å². The molecule has 3 N–H and O–H groups in total. The zero-order chi connectivity index (χ0) is 16.6. The van der Waals surface area contributed by atoms with Crippen molar-refractivity contribution in [3.8, 4) is 11.5 Å².